The molecule has 0 spiro atoms. The Kier molecular flexibility index (Phi) is 7.41. The van der Waals surface area contributed by atoms with E-state index in [1.807, 2.05) is 6.92 Å². The predicted molar refractivity (Wildman–Crippen MR) is 107 cm³/mol. The predicted octanol–water partition coefficient (Wildman–Crippen LogP) is 4.88. The third kappa shape index (κ3) is 4.88. The molecule has 0 fully saturated rings. The smallest absolute Gasteiger partial charge is 0.336 e. The van der Waals surface area contributed by atoms with Crippen LogP contribution >= 0.6 is 0 Å². The molecule has 5 heteroatoms. The third-order valence-corrected chi connectivity index (χ3v) is 4.55. The number of phenolic OH excluding ortho intramolecular Hbond substituents is 1. The average Bonchev–Trinajstić information content (AvgIpc) is 2.67. The van der Waals surface area contributed by atoms with Crippen molar-refractivity contribution in [1.82, 2.24) is 0 Å². The molecule has 144 valence electrons. The number of carbonyl (C=O) groups excluding carboxylic acids is 1. The number of aromatic carboxylic acids is 1. The summed E-state index contributed by atoms with van der Waals surface area (Å²) < 4.78 is 0. The number of aromatic hydroxyl groups is 1. The van der Waals surface area contributed by atoms with Crippen LogP contribution in [0.25, 0.3) is 0 Å². The van der Waals surface area contributed by atoms with Crippen molar-refractivity contribution in [3.8, 4) is 5.75 Å². The topological polar surface area (TPSA) is 86.6 Å². The van der Waals surface area contributed by atoms with E-state index in [2.05, 4.69) is 12.2 Å². The van der Waals surface area contributed by atoms with E-state index in [9.17, 15) is 19.8 Å². The number of hydrogen-bond acceptors (Lipinski definition) is 4. The second-order valence-corrected chi connectivity index (χ2v) is 6.52. The summed E-state index contributed by atoms with van der Waals surface area (Å²) in [4.78, 5) is 25.0. The molecule has 0 amide bonds. The van der Waals surface area contributed by atoms with E-state index in [0.717, 1.165) is 25.7 Å². The third-order valence-electron chi connectivity index (χ3n) is 4.55. The number of nitrogens with one attached hydrogen (secondary N) is 1. The van der Waals surface area contributed by atoms with Crippen LogP contribution in [0.2, 0.25) is 0 Å². The molecule has 0 aliphatic heterocycles. The fraction of sp³-hybridized carbons (Fsp3) is 0.364. The summed E-state index contributed by atoms with van der Waals surface area (Å²) in [5, 5.41) is 23.4. The number of benzene rings is 2. The molecule has 0 saturated heterocycles. The number of carboxylic acids is 1. The van der Waals surface area contributed by atoms with Crippen molar-refractivity contribution >= 4 is 17.4 Å². The Morgan fingerprint density at radius 2 is 1.74 bits per heavy atom. The van der Waals surface area contributed by atoms with Crippen LogP contribution in [-0.4, -0.2) is 28.5 Å². The largest absolute Gasteiger partial charge is 0.505 e. The van der Waals surface area contributed by atoms with Crippen LogP contribution < -0.4 is 5.32 Å². The van der Waals surface area contributed by atoms with Crippen LogP contribution in [0.5, 0.6) is 5.75 Å². The maximum absolute atomic E-state index is 13.1. The van der Waals surface area contributed by atoms with Crippen molar-refractivity contribution in [1.29, 1.82) is 0 Å². The molecule has 0 atom stereocenters. The number of phenols is 1. The maximum atomic E-state index is 13.1. The zero-order valence-electron chi connectivity index (χ0n) is 15.9. The number of carbonyl (C=O) groups is 2. The molecule has 2 rings (SSSR count). The molecular formula is C22H27NO4. The molecular weight excluding hydrogens is 342 g/mol. The van der Waals surface area contributed by atoms with Crippen molar-refractivity contribution in [2.75, 3.05) is 11.9 Å². The van der Waals surface area contributed by atoms with Crippen LogP contribution in [0.1, 0.15) is 71.4 Å². The molecule has 0 saturated carbocycles. The van der Waals surface area contributed by atoms with Crippen molar-refractivity contribution in [2.45, 2.75) is 46.0 Å². The van der Waals surface area contributed by atoms with Gasteiger partial charge in [0.1, 0.15) is 5.75 Å². The quantitative estimate of drug-likeness (QED) is 0.316. The Morgan fingerprint density at radius 1 is 1.04 bits per heavy atom. The average molecular weight is 369 g/mol. The minimum absolute atomic E-state index is 0.0690. The summed E-state index contributed by atoms with van der Waals surface area (Å²) in [6.07, 6.45) is 4.26. The lowest BCUT2D eigenvalue weighted by atomic mass is 9.89. The zero-order valence-corrected chi connectivity index (χ0v) is 15.9. The van der Waals surface area contributed by atoms with Gasteiger partial charge in [0.15, 0.2) is 5.78 Å². The van der Waals surface area contributed by atoms with E-state index >= 15 is 0 Å². The van der Waals surface area contributed by atoms with Gasteiger partial charge in [0.05, 0.1) is 16.8 Å². The normalized spacial score (nSPS) is 10.6. The molecule has 0 aliphatic carbocycles. The minimum Gasteiger partial charge on any atom is -0.505 e. The van der Waals surface area contributed by atoms with Crippen LogP contribution in [0.4, 0.5) is 5.69 Å². The van der Waals surface area contributed by atoms with Gasteiger partial charge < -0.3 is 15.5 Å². The highest BCUT2D eigenvalue weighted by Gasteiger charge is 2.26. The van der Waals surface area contributed by atoms with Crippen LogP contribution in [0, 0.1) is 0 Å². The van der Waals surface area contributed by atoms with Gasteiger partial charge in [-0.1, -0.05) is 56.5 Å². The number of ketones is 1. The second kappa shape index (κ2) is 9.76. The highest BCUT2D eigenvalue weighted by Crippen LogP contribution is 2.36. The van der Waals surface area contributed by atoms with Gasteiger partial charge >= 0.3 is 5.97 Å². The summed E-state index contributed by atoms with van der Waals surface area (Å²) in [7, 11) is 0. The van der Waals surface area contributed by atoms with Crippen molar-refractivity contribution in [2.24, 2.45) is 0 Å². The van der Waals surface area contributed by atoms with Crippen molar-refractivity contribution in [3.63, 3.8) is 0 Å². The van der Waals surface area contributed by atoms with Gasteiger partial charge in [-0.25, -0.2) is 4.79 Å². The molecule has 3 N–H and O–H groups in total. The lowest BCUT2D eigenvalue weighted by Crippen LogP contribution is -2.14. The lowest BCUT2D eigenvalue weighted by Gasteiger charge is -2.18. The molecule has 27 heavy (non-hydrogen) atoms. The molecule has 5 nitrogen and oxygen atoms in total. The number of unbranched alkanes of at least 4 members (excludes halogenated alkanes) is 3. The van der Waals surface area contributed by atoms with Gasteiger partial charge in [0, 0.05) is 12.1 Å². The highest BCUT2D eigenvalue weighted by atomic mass is 16.4. The van der Waals surface area contributed by atoms with Crippen LogP contribution in [0.3, 0.4) is 0 Å². The Balaban J connectivity index is 2.60. The van der Waals surface area contributed by atoms with E-state index in [1.54, 1.807) is 30.3 Å². The fourth-order valence-corrected chi connectivity index (χ4v) is 3.19. The first-order valence-corrected chi connectivity index (χ1v) is 9.46. The fourth-order valence-electron chi connectivity index (χ4n) is 3.19. The van der Waals surface area contributed by atoms with Gasteiger partial charge in [-0.2, -0.15) is 0 Å². The minimum atomic E-state index is -1.10. The molecule has 0 unspecified atom stereocenters. The molecule has 0 aliphatic rings. The summed E-state index contributed by atoms with van der Waals surface area (Å²) in [6, 6.07) is 10.1. The monoisotopic (exact) mass is 369 g/mol. The SMILES string of the molecule is CCCCCCc1c(C(=O)O)cc(NCC)c(O)c1C(=O)c1ccccc1. The molecule has 0 heterocycles. The van der Waals surface area contributed by atoms with Gasteiger partial charge in [-0.3, -0.25) is 4.79 Å². The van der Waals surface area contributed by atoms with Crippen LogP contribution in [0.15, 0.2) is 36.4 Å². The number of carboxylic acid groups (broad SMARTS) is 1. The zero-order chi connectivity index (χ0) is 19.8. The van der Waals surface area contributed by atoms with E-state index in [0.29, 0.717) is 24.1 Å². The van der Waals surface area contributed by atoms with E-state index in [1.165, 1.54) is 6.07 Å². The van der Waals surface area contributed by atoms with E-state index in [4.69, 9.17) is 0 Å². The van der Waals surface area contributed by atoms with Crippen LogP contribution in [-0.2, 0) is 6.42 Å². The number of anilines is 1. The van der Waals surface area contributed by atoms with Crippen molar-refractivity contribution in [3.05, 3.63) is 58.7 Å². The summed E-state index contributed by atoms with van der Waals surface area (Å²) in [5.74, 6) is -1.64. The first-order chi connectivity index (χ1) is 13.0. The van der Waals surface area contributed by atoms with Crippen molar-refractivity contribution < 1.29 is 19.8 Å². The lowest BCUT2D eigenvalue weighted by molar-refractivity contribution is 0.0695. The first kappa shape index (κ1) is 20.5. The molecule has 0 radical (unpaired) electrons. The highest BCUT2D eigenvalue weighted by molar-refractivity contribution is 6.14. The maximum Gasteiger partial charge on any atom is 0.336 e. The Hall–Kier alpha value is -2.82. The molecule has 2 aromatic carbocycles. The second-order valence-electron chi connectivity index (χ2n) is 6.52. The molecule has 0 aromatic heterocycles. The standard InChI is InChI=1S/C22H27NO4/c1-3-5-6-10-13-16-17(22(26)27)14-18(23-4-2)21(25)19(16)20(24)15-11-8-7-9-12-15/h7-9,11-12,14,23,25H,3-6,10,13H2,1-2H3,(H,26,27). The van der Waals surface area contributed by atoms with E-state index < -0.39 is 5.97 Å². The molecule has 2 aromatic rings. The summed E-state index contributed by atoms with van der Waals surface area (Å²) >= 11 is 0. The Morgan fingerprint density at radius 3 is 2.33 bits per heavy atom. The van der Waals surface area contributed by atoms with Gasteiger partial charge in [-0.15, -0.1) is 0 Å². The summed E-state index contributed by atoms with van der Waals surface area (Å²) in [6.45, 7) is 4.45. The number of rotatable bonds is 10. The summed E-state index contributed by atoms with van der Waals surface area (Å²) in [5.41, 5.74) is 1.26. The van der Waals surface area contributed by atoms with Gasteiger partial charge in [-0.05, 0) is 31.4 Å². The van der Waals surface area contributed by atoms with Gasteiger partial charge in [0.2, 0.25) is 0 Å². The van der Waals surface area contributed by atoms with Gasteiger partial charge in [0.25, 0.3) is 0 Å². The van der Waals surface area contributed by atoms with E-state index in [-0.39, 0.29) is 28.3 Å². The first-order valence-electron chi connectivity index (χ1n) is 9.46. The Labute approximate surface area is 160 Å². The molecule has 0 bridgehead atoms. The Bertz CT molecular complexity index is 800. The number of hydrogen-bond donors (Lipinski definition) is 3.